The van der Waals surface area contributed by atoms with Crippen molar-refractivity contribution in [1.82, 2.24) is 0 Å². The van der Waals surface area contributed by atoms with Crippen LogP contribution in [0.2, 0.25) is 5.02 Å². The van der Waals surface area contributed by atoms with Crippen LogP contribution in [0.3, 0.4) is 0 Å². The van der Waals surface area contributed by atoms with E-state index in [0.29, 0.717) is 5.02 Å². The number of carbonyl (C=O) groups excluding carboxylic acids is 1. The molecule has 0 aliphatic rings. The molecule has 144 valence electrons. The number of aromatic hydroxyl groups is 3. The van der Waals surface area contributed by atoms with E-state index < -0.39 is 33.0 Å². The van der Waals surface area contributed by atoms with Crippen molar-refractivity contribution in [3.63, 3.8) is 0 Å². The number of sulfone groups is 1. The Kier molecular flexibility index (Phi) is 5.17. The highest BCUT2D eigenvalue weighted by molar-refractivity contribution is 7.91. The fraction of sp³-hybridized carbons (Fsp3) is 0. The number of halogens is 1. The van der Waals surface area contributed by atoms with Gasteiger partial charge in [0.05, 0.1) is 21.0 Å². The first-order chi connectivity index (χ1) is 13.2. The van der Waals surface area contributed by atoms with E-state index in [2.05, 4.69) is 5.32 Å². The van der Waals surface area contributed by atoms with Crippen molar-refractivity contribution in [1.29, 1.82) is 0 Å². The Morgan fingerprint density at radius 1 is 0.857 bits per heavy atom. The van der Waals surface area contributed by atoms with Gasteiger partial charge >= 0.3 is 0 Å². The largest absolute Gasteiger partial charge is 0.504 e. The number of carbonyl (C=O) groups is 1. The molecular weight excluding hydrogens is 406 g/mol. The summed E-state index contributed by atoms with van der Waals surface area (Å²) >= 11 is 5.80. The number of benzene rings is 3. The second-order valence-corrected chi connectivity index (χ2v) is 8.09. The Hall–Kier alpha value is -3.23. The number of hydrogen-bond donors (Lipinski definition) is 4. The molecule has 0 radical (unpaired) electrons. The summed E-state index contributed by atoms with van der Waals surface area (Å²) in [6, 6.07) is 13.4. The van der Waals surface area contributed by atoms with Crippen LogP contribution in [0.1, 0.15) is 10.4 Å². The lowest BCUT2D eigenvalue weighted by molar-refractivity contribution is 0.102. The van der Waals surface area contributed by atoms with Crippen molar-refractivity contribution >= 4 is 33.0 Å². The van der Waals surface area contributed by atoms with Crippen molar-refractivity contribution in [3.8, 4) is 17.2 Å². The normalized spacial score (nSPS) is 11.2. The maximum atomic E-state index is 12.9. The molecule has 0 heterocycles. The molecule has 0 aliphatic carbocycles. The molecule has 0 spiro atoms. The number of rotatable bonds is 4. The van der Waals surface area contributed by atoms with E-state index in [-0.39, 0.29) is 21.0 Å². The predicted molar refractivity (Wildman–Crippen MR) is 103 cm³/mol. The number of phenols is 3. The molecule has 0 aromatic heterocycles. The highest BCUT2D eigenvalue weighted by atomic mass is 35.5. The molecule has 3 aromatic carbocycles. The van der Waals surface area contributed by atoms with Gasteiger partial charge in [0, 0.05) is 5.02 Å². The number of amides is 1. The van der Waals surface area contributed by atoms with Crippen LogP contribution in [0.4, 0.5) is 5.69 Å². The highest BCUT2D eigenvalue weighted by Crippen LogP contribution is 2.37. The minimum Gasteiger partial charge on any atom is -0.504 e. The number of anilines is 1. The van der Waals surface area contributed by atoms with Gasteiger partial charge in [-0.2, -0.15) is 0 Å². The maximum Gasteiger partial charge on any atom is 0.259 e. The van der Waals surface area contributed by atoms with E-state index in [1.54, 1.807) is 0 Å². The standard InChI is InChI=1S/C19H14ClNO6S/c20-11-5-7-12(8-6-11)28(26,27)16-4-2-1-3-14(16)21-19(25)13-9-10-15(22)18(24)17(13)23/h1-10,22-24H,(H,21,25). The van der Waals surface area contributed by atoms with Crippen molar-refractivity contribution in [3.05, 3.63) is 71.2 Å². The third kappa shape index (κ3) is 3.60. The highest BCUT2D eigenvalue weighted by Gasteiger charge is 2.24. The summed E-state index contributed by atoms with van der Waals surface area (Å²) in [5, 5.41) is 31.6. The van der Waals surface area contributed by atoms with Crippen molar-refractivity contribution in [2.24, 2.45) is 0 Å². The van der Waals surface area contributed by atoms with Gasteiger partial charge in [0.25, 0.3) is 5.91 Å². The molecule has 7 nitrogen and oxygen atoms in total. The van der Waals surface area contributed by atoms with Crippen LogP contribution in [0, 0.1) is 0 Å². The first-order valence-corrected chi connectivity index (χ1v) is 9.73. The van der Waals surface area contributed by atoms with Crippen LogP contribution in [0.25, 0.3) is 0 Å². The van der Waals surface area contributed by atoms with Crippen molar-refractivity contribution in [2.45, 2.75) is 9.79 Å². The van der Waals surface area contributed by atoms with Gasteiger partial charge in [-0.05, 0) is 48.5 Å². The van der Waals surface area contributed by atoms with Crippen molar-refractivity contribution < 1.29 is 28.5 Å². The minimum absolute atomic E-state index is 0.0104. The lowest BCUT2D eigenvalue weighted by atomic mass is 10.1. The lowest BCUT2D eigenvalue weighted by Crippen LogP contribution is -2.15. The Bertz CT molecular complexity index is 1160. The molecule has 1 amide bonds. The predicted octanol–water partition coefficient (Wildman–Crippen LogP) is 3.54. The van der Waals surface area contributed by atoms with E-state index in [0.717, 1.165) is 12.1 Å². The summed E-state index contributed by atoms with van der Waals surface area (Å²) < 4.78 is 25.9. The summed E-state index contributed by atoms with van der Waals surface area (Å²) in [4.78, 5) is 12.3. The Morgan fingerprint density at radius 3 is 2.18 bits per heavy atom. The van der Waals surface area contributed by atoms with Gasteiger partial charge in [-0.15, -0.1) is 0 Å². The van der Waals surface area contributed by atoms with Crippen LogP contribution in [-0.4, -0.2) is 29.6 Å². The molecule has 0 fully saturated rings. The minimum atomic E-state index is -3.96. The molecule has 0 unspecified atom stereocenters. The van der Waals surface area contributed by atoms with E-state index in [1.165, 1.54) is 48.5 Å². The Balaban J connectivity index is 2.00. The number of phenolic OH excluding ortho intramolecular Hbond substituents is 3. The molecule has 3 aromatic rings. The van der Waals surface area contributed by atoms with Crippen molar-refractivity contribution in [2.75, 3.05) is 5.32 Å². The fourth-order valence-electron chi connectivity index (χ4n) is 2.49. The SMILES string of the molecule is O=C(Nc1ccccc1S(=O)(=O)c1ccc(Cl)cc1)c1ccc(O)c(O)c1O. The quantitative estimate of drug-likeness (QED) is 0.479. The molecule has 3 rings (SSSR count). The van der Waals surface area contributed by atoms with Crippen LogP contribution in [-0.2, 0) is 9.84 Å². The monoisotopic (exact) mass is 419 g/mol. The zero-order chi connectivity index (χ0) is 20.5. The summed E-state index contributed by atoms with van der Waals surface area (Å²) in [5.74, 6) is -3.14. The smallest absolute Gasteiger partial charge is 0.259 e. The van der Waals surface area contributed by atoms with Gasteiger partial charge in [0.2, 0.25) is 15.6 Å². The van der Waals surface area contributed by atoms with Gasteiger partial charge in [0.1, 0.15) is 0 Å². The van der Waals surface area contributed by atoms with Crippen LogP contribution >= 0.6 is 11.6 Å². The lowest BCUT2D eigenvalue weighted by Gasteiger charge is -2.13. The average molecular weight is 420 g/mol. The second kappa shape index (κ2) is 7.41. The van der Waals surface area contributed by atoms with E-state index in [1.807, 2.05) is 0 Å². The molecule has 0 bridgehead atoms. The third-order valence-electron chi connectivity index (χ3n) is 3.92. The molecule has 9 heteroatoms. The topological polar surface area (TPSA) is 124 Å². The number of nitrogens with one attached hydrogen (secondary N) is 1. The van der Waals surface area contributed by atoms with Gasteiger partial charge in [-0.1, -0.05) is 23.7 Å². The second-order valence-electron chi connectivity index (χ2n) is 5.74. The first-order valence-electron chi connectivity index (χ1n) is 7.86. The zero-order valence-corrected chi connectivity index (χ0v) is 15.7. The first kappa shape index (κ1) is 19.5. The molecule has 0 atom stereocenters. The fourth-order valence-corrected chi connectivity index (χ4v) is 4.03. The third-order valence-corrected chi connectivity index (χ3v) is 6.00. The average Bonchev–Trinajstić information content (AvgIpc) is 2.67. The summed E-state index contributed by atoms with van der Waals surface area (Å²) in [6.45, 7) is 0. The summed E-state index contributed by atoms with van der Waals surface area (Å²) in [6.07, 6.45) is 0. The Labute approximate surface area is 165 Å². The van der Waals surface area contributed by atoms with E-state index >= 15 is 0 Å². The summed E-state index contributed by atoms with van der Waals surface area (Å²) in [7, 11) is -3.96. The van der Waals surface area contributed by atoms with Gasteiger partial charge in [-0.25, -0.2) is 8.42 Å². The molecule has 0 aliphatic heterocycles. The summed E-state index contributed by atoms with van der Waals surface area (Å²) in [5.41, 5.74) is -0.358. The maximum absolute atomic E-state index is 12.9. The van der Waals surface area contributed by atoms with Gasteiger partial charge < -0.3 is 20.6 Å². The molecular formula is C19H14ClNO6S. The van der Waals surface area contributed by atoms with Crippen LogP contribution < -0.4 is 5.32 Å². The van der Waals surface area contributed by atoms with Crippen LogP contribution in [0.5, 0.6) is 17.2 Å². The van der Waals surface area contributed by atoms with E-state index in [9.17, 15) is 28.5 Å². The Morgan fingerprint density at radius 2 is 1.50 bits per heavy atom. The van der Waals surface area contributed by atoms with Gasteiger partial charge in [-0.3, -0.25) is 4.79 Å². The number of para-hydroxylation sites is 1. The number of hydrogen-bond acceptors (Lipinski definition) is 6. The molecule has 0 saturated carbocycles. The molecule has 0 saturated heterocycles. The van der Waals surface area contributed by atoms with Crippen LogP contribution in [0.15, 0.2) is 70.5 Å². The molecule has 28 heavy (non-hydrogen) atoms. The molecule has 4 N–H and O–H groups in total. The zero-order valence-electron chi connectivity index (χ0n) is 14.1. The van der Waals surface area contributed by atoms with E-state index in [4.69, 9.17) is 11.6 Å². The van der Waals surface area contributed by atoms with Gasteiger partial charge in [0.15, 0.2) is 11.5 Å².